The van der Waals surface area contributed by atoms with Crippen molar-refractivity contribution in [3.8, 4) is 11.5 Å². The average Bonchev–Trinajstić information content (AvgIpc) is 3.16. The maximum Gasteiger partial charge on any atom is 0.218 e. The predicted molar refractivity (Wildman–Crippen MR) is 211 cm³/mol. The number of aromatic nitrogens is 4. The van der Waals surface area contributed by atoms with Crippen molar-refractivity contribution in [1.29, 1.82) is 0 Å². The second kappa shape index (κ2) is 15.7. The molecule has 0 fully saturated rings. The molecule has 54 heavy (non-hydrogen) atoms. The van der Waals surface area contributed by atoms with Crippen LogP contribution in [-0.2, 0) is 6.54 Å². The molecule has 4 aromatic heterocycles. The van der Waals surface area contributed by atoms with Crippen LogP contribution in [-0.4, -0.2) is 45.3 Å². The molecule has 0 spiro atoms. The second-order valence-electron chi connectivity index (χ2n) is 12.9. The number of nitrogens with zero attached hydrogens (tertiary/aromatic N) is 3. The highest BCUT2D eigenvalue weighted by molar-refractivity contribution is 6.30. The molecule has 0 atom stereocenters. The van der Waals surface area contributed by atoms with Crippen LogP contribution in [0, 0.1) is 27.7 Å². The van der Waals surface area contributed by atoms with Gasteiger partial charge in [-0.1, -0.05) is 23.7 Å². The maximum absolute atomic E-state index is 13.3. The number of hydrogen-bond donors (Lipinski definition) is 1. The summed E-state index contributed by atoms with van der Waals surface area (Å²) in [6.07, 6.45) is 3.06. The van der Waals surface area contributed by atoms with Gasteiger partial charge in [-0.2, -0.15) is 0 Å². The van der Waals surface area contributed by atoms with Crippen LogP contribution in [0.15, 0.2) is 107 Å². The minimum absolute atomic E-state index is 0.0807. The van der Waals surface area contributed by atoms with E-state index in [1.165, 1.54) is 6.20 Å². The molecule has 0 amide bonds. The van der Waals surface area contributed by atoms with Crippen molar-refractivity contribution in [2.75, 3.05) is 14.2 Å². The molecule has 4 heterocycles. The minimum atomic E-state index is -0.375. The lowest BCUT2D eigenvalue weighted by atomic mass is 10.0. The Morgan fingerprint density at radius 2 is 1.28 bits per heavy atom. The van der Waals surface area contributed by atoms with Crippen molar-refractivity contribution in [2.24, 2.45) is 0 Å². The quantitative estimate of drug-likeness (QED) is 0.157. The second-order valence-corrected chi connectivity index (χ2v) is 13.3. The van der Waals surface area contributed by atoms with E-state index in [-0.39, 0.29) is 44.6 Å². The van der Waals surface area contributed by atoms with Gasteiger partial charge in [0.2, 0.25) is 10.9 Å². The Morgan fingerprint density at radius 1 is 0.704 bits per heavy atom. The third-order valence-electron chi connectivity index (χ3n) is 8.98. The number of fused-ring (bicyclic) bond motifs is 2. The van der Waals surface area contributed by atoms with Crippen LogP contribution >= 0.6 is 11.6 Å². The normalized spacial score (nSPS) is 10.9. The number of aromatic amines is 1. The van der Waals surface area contributed by atoms with Crippen LogP contribution in [0.1, 0.15) is 59.9 Å². The number of carbonyl (C=O) groups is 2. The van der Waals surface area contributed by atoms with Crippen molar-refractivity contribution in [3.05, 3.63) is 173 Å². The van der Waals surface area contributed by atoms with E-state index >= 15 is 0 Å². The van der Waals surface area contributed by atoms with E-state index in [0.29, 0.717) is 50.9 Å². The Hall–Kier alpha value is -6.39. The molecule has 7 aromatic rings. The third-order valence-corrected chi connectivity index (χ3v) is 9.21. The number of pyridine rings is 4. The standard InChI is InChI=1S/C25H21ClN2O3.C18H16N2O3/c1-15-11-18(8-10-22(15)31-3)24(29)20-14-28(13-17-5-4-6-19(26)12-17)21-9-7-16(2)27-23(21)25(20)30;1-10-8-12(5-7-15(10)23-3)17(21)13-9-19-14-6-4-11(2)20-16(14)18(13)22/h4-12,14H,13H2,1-3H3;4-9H,1-3H3,(H,19,22). The highest BCUT2D eigenvalue weighted by atomic mass is 35.5. The monoisotopic (exact) mass is 740 g/mol. The summed E-state index contributed by atoms with van der Waals surface area (Å²) >= 11 is 6.14. The van der Waals surface area contributed by atoms with Gasteiger partial charge < -0.3 is 19.0 Å². The molecule has 0 aliphatic heterocycles. The number of aryl methyl sites for hydroxylation is 4. The van der Waals surface area contributed by atoms with E-state index in [9.17, 15) is 19.2 Å². The molecule has 272 valence electrons. The van der Waals surface area contributed by atoms with E-state index in [4.69, 9.17) is 21.1 Å². The Bertz CT molecular complexity index is 2720. The third kappa shape index (κ3) is 7.69. The first-order chi connectivity index (χ1) is 25.9. The van der Waals surface area contributed by atoms with Gasteiger partial charge in [-0.05, 0) is 117 Å². The lowest BCUT2D eigenvalue weighted by Crippen LogP contribution is -2.21. The van der Waals surface area contributed by atoms with Crippen LogP contribution in [0.4, 0.5) is 0 Å². The summed E-state index contributed by atoms with van der Waals surface area (Å²) in [4.78, 5) is 63.4. The first kappa shape index (κ1) is 37.4. The number of rotatable bonds is 8. The van der Waals surface area contributed by atoms with Crippen molar-refractivity contribution >= 4 is 45.2 Å². The smallest absolute Gasteiger partial charge is 0.218 e. The molecule has 0 saturated carbocycles. The average molecular weight is 741 g/mol. The van der Waals surface area contributed by atoms with Crippen LogP contribution in [0.2, 0.25) is 5.02 Å². The summed E-state index contributed by atoms with van der Waals surface area (Å²) in [5.74, 6) is 0.708. The molecule has 0 radical (unpaired) electrons. The zero-order valence-corrected chi connectivity index (χ0v) is 31.4. The van der Waals surface area contributed by atoms with E-state index in [1.807, 2.05) is 61.7 Å². The Balaban J connectivity index is 0.000000193. The number of ether oxygens (including phenoxy) is 2. The van der Waals surface area contributed by atoms with Gasteiger partial charge in [0.1, 0.15) is 22.5 Å². The maximum atomic E-state index is 13.3. The molecule has 7 rings (SSSR count). The summed E-state index contributed by atoms with van der Waals surface area (Å²) in [7, 11) is 3.15. The molecule has 11 heteroatoms. The number of benzene rings is 3. The molecule has 0 aliphatic carbocycles. The molecule has 1 N–H and O–H groups in total. The Morgan fingerprint density at radius 3 is 1.87 bits per heavy atom. The number of carbonyl (C=O) groups excluding carboxylic acids is 2. The predicted octanol–water partition coefficient (Wildman–Crippen LogP) is 7.73. The molecular formula is C43H37ClN4O6. The summed E-state index contributed by atoms with van der Waals surface area (Å²) in [6, 6.07) is 25.0. The van der Waals surface area contributed by atoms with Gasteiger partial charge in [0.25, 0.3) is 0 Å². The van der Waals surface area contributed by atoms with Gasteiger partial charge in [0, 0.05) is 46.5 Å². The zero-order chi connectivity index (χ0) is 38.7. The lowest BCUT2D eigenvalue weighted by molar-refractivity contribution is 0.102. The van der Waals surface area contributed by atoms with Gasteiger partial charge in [0.05, 0.1) is 36.4 Å². The van der Waals surface area contributed by atoms with Crippen molar-refractivity contribution in [1.82, 2.24) is 19.5 Å². The molecule has 0 aliphatic rings. The number of nitrogens with one attached hydrogen (secondary N) is 1. The van der Waals surface area contributed by atoms with Crippen molar-refractivity contribution in [2.45, 2.75) is 34.2 Å². The molecular weight excluding hydrogens is 704 g/mol. The Kier molecular flexibility index (Phi) is 10.9. The fourth-order valence-electron chi connectivity index (χ4n) is 6.19. The Labute approximate surface area is 316 Å². The van der Waals surface area contributed by atoms with Gasteiger partial charge in [0.15, 0.2) is 11.6 Å². The minimum Gasteiger partial charge on any atom is -0.496 e. The van der Waals surface area contributed by atoms with E-state index in [2.05, 4.69) is 15.0 Å². The fraction of sp³-hybridized carbons (Fsp3) is 0.163. The summed E-state index contributed by atoms with van der Waals surface area (Å²) in [6.45, 7) is 7.79. The van der Waals surface area contributed by atoms with Crippen LogP contribution in [0.3, 0.4) is 0 Å². The lowest BCUT2D eigenvalue weighted by Gasteiger charge is -2.14. The van der Waals surface area contributed by atoms with Gasteiger partial charge in [-0.25, -0.2) is 9.97 Å². The molecule has 0 saturated heterocycles. The SMILES string of the molecule is COc1ccc(C(=O)c2c[nH]c3ccc(C)nc3c2=O)cc1C.COc1ccc(C(=O)c2cn(Cc3cccc(Cl)c3)c3ccc(C)nc3c2=O)cc1C. The molecule has 0 bridgehead atoms. The molecule has 3 aromatic carbocycles. The van der Waals surface area contributed by atoms with E-state index in [0.717, 1.165) is 22.4 Å². The van der Waals surface area contributed by atoms with E-state index in [1.54, 1.807) is 75.9 Å². The summed E-state index contributed by atoms with van der Waals surface area (Å²) in [5, 5.41) is 0.627. The van der Waals surface area contributed by atoms with Crippen LogP contribution in [0.5, 0.6) is 11.5 Å². The van der Waals surface area contributed by atoms with Gasteiger partial charge in [-0.15, -0.1) is 0 Å². The van der Waals surface area contributed by atoms with E-state index < -0.39 is 0 Å². The highest BCUT2D eigenvalue weighted by Crippen LogP contribution is 2.23. The molecule has 0 unspecified atom stereocenters. The first-order valence-corrected chi connectivity index (χ1v) is 17.4. The number of ketones is 2. The number of hydrogen-bond acceptors (Lipinski definition) is 8. The largest absolute Gasteiger partial charge is 0.496 e. The summed E-state index contributed by atoms with van der Waals surface area (Å²) < 4.78 is 12.3. The van der Waals surface area contributed by atoms with Crippen molar-refractivity contribution in [3.63, 3.8) is 0 Å². The highest BCUT2D eigenvalue weighted by Gasteiger charge is 2.20. The number of methoxy groups -OCH3 is 2. The van der Waals surface area contributed by atoms with Gasteiger partial charge >= 0.3 is 0 Å². The first-order valence-electron chi connectivity index (χ1n) is 17.0. The fourth-order valence-corrected chi connectivity index (χ4v) is 6.41. The van der Waals surface area contributed by atoms with Crippen LogP contribution < -0.4 is 20.3 Å². The topological polar surface area (TPSA) is 133 Å². The zero-order valence-electron chi connectivity index (χ0n) is 30.6. The molecule has 10 nitrogen and oxygen atoms in total. The number of halogens is 1. The van der Waals surface area contributed by atoms with Crippen molar-refractivity contribution < 1.29 is 19.1 Å². The van der Waals surface area contributed by atoms with Crippen LogP contribution in [0.25, 0.3) is 22.1 Å². The van der Waals surface area contributed by atoms with Gasteiger partial charge in [-0.3, -0.25) is 19.2 Å². The number of H-pyrrole nitrogens is 1. The summed E-state index contributed by atoms with van der Waals surface area (Å²) in [5.41, 5.74) is 6.19.